The van der Waals surface area contributed by atoms with Crippen LogP contribution in [0.1, 0.15) is 23.0 Å². The zero-order valence-corrected chi connectivity index (χ0v) is 18.5. The third-order valence-corrected chi connectivity index (χ3v) is 6.59. The minimum Gasteiger partial charge on any atom is -0.497 e. The smallest absolute Gasteiger partial charge is 0.240 e. The molecule has 1 aliphatic rings. The molecule has 0 spiro atoms. The number of hydrogen-bond donors (Lipinski definition) is 2. The van der Waals surface area contributed by atoms with Crippen molar-refractivity contribution in [3.8, 4) is 5.75 Å². The van der Waals surface area contributed by atoms with Crippen LogP contribution in [-0.2, 0) is 4.79 Å². The standard InChI is InChI=1S/C20H20BrN5O2S/c1-11-4-9-16(15(21)10-11)22-19(27)18-17(13-5-7-14(28-3)8-6-13)25-26-12(2)23-24-20(26)29-18/h4-10,17-18,25H,1-3H3,(H,22,27). The first kappa shape index (κ1) is 19.8. The van der Waals surface area contributed by atoms with Gasteiger partial charge >= 0.3 is 0 Å². The molecule has 1 aromatic heterocycles. The average Bonchev–Trinajstić information content (AvgIpc) is 3.09. The maximum atomic E-state index is 13.3. The van der Waals surface area contributed by atoms with Crippen molar-refractivity contribution in [2.75, 3.05) is 17.9 Å². The number of benzene rings is 2. The highest BCUT2D eigenvalue weighted by atomic mass is 79.9. The maximum absolute atomic E-state index is 13.3. The van der Waals surface area contributed by atoms with E-state index in [9.17, 15) is 4.79 Å². The van der Waals surface area contributed by atoms with Gasteiger partial charge in [0.15, 0.2) is 0 Å². The first-order chi connectivity index (χ1) is 14.0. The van der Waals surface area contributed by atoms with Crippen molar-refractivity contribution in [3.05, 3.63) is 63.9 Å². The van der Waals surface area contributed by atoms with Gasteiger partial charge in [-0.05, 0) is 65.2 Å². The van der Waals surface area contributed by atoms with Crippen molar-refractivity contribution in [2.45, 2.75) is 30.3 Å². The highest BCUT2D eigenvalue weighted by Crippen LogP contribution is 2.38. The van der Waals surface area contributed by atoms with Gasteiger partial charge < -0.3 is 15.5 Å². The molecule has 0 saturated heterocycles. The fourth-order valence-electron chi connectivity index (χ4n) is 3.15. The van der Waals surface area contributed by atoms with Gasteiger partial charge in [0.25, 0.3) is 0 Å². The van der Waals surface area contributed by atoms with E-state index >= 15 is 0 Å². The average molecular weight is 474 g/mol. The molecule has 4 rings (SSSR count). The molecule has 2 atom stereocenters. The summed E-state index contributed by atoms with van der Waals surface area (Å²) in [4.78, 5) is 13.3. The summed E-state index contributed by atoms with van der Waals surface area (Å²) in [7, 11) is 1.63. The van der Waals surface area contributed by atoms with Gasteiger partial charge in [0.2, 0.25) is 11.1 Å². The van der Waals surface area contributed by atoms with Crippen LogP contribution in [0.2, 0.25) is 0 Å². The molecule has 9 heteroatoms. The summed E-state index contributed by atoms with van der Waals surface area (Å²) in [6, 6.07) is 13.3. The number of methoxy groups -OCH3 is 1. The van der Waals surface area contributed by atoms with Gasteiger partial charge in [-0.2, -0.15) is 0 Å². The molecule has 0 fully saturated rings. The summed E-state index contributed by atoms with van der Waals surface area (Å²) in [6.07, 6.45) is 0. The molecule has 1 amide bonds. The minimum atomic E-state index is -0.437. The Kier molecular flexibility index (Phi) is 5.51. The second-order valence-electron chi connectivity index (χ2n) is 6.76. The highest BCUT2D eigenvalue weighted by molar-refractivity contribution is 9.10. The second kappa shape index (κ2) is 8.08. The van der Waals surface area contributed by atoms with Gasteiger partial charge in [0.1, 0.15) is 16.8 Å². The number of aryl methyl sites for hydroxylation is 2. The first-order valence-corrected chi connectivity index (χ1v) is 10.7. The molecular weight excluding hydrogens is 454 g/mol. The molecule has 0 saturated carbocycles. The van der Waals surface area contributed by atoms with Crippen LogP contribution in [0.25, 0.3) is 0 Å². The van der Waals surface area contributed by atoms with Crippen molar-refractivity contribution in [1.29, 1.82) is 0 Å². The predicted octanol–water partition coefficient (Wildman–Crippen LogP) is 4.06. The first-order valence-electron chi connectivity index (χ1n) is 9.02. The van der Waals surface area contributed by atoms with Crippen LogP contribution in [0.15, 0.2) is 52.1 Å². The number of rotatable bonds is 4. The Balaban J connectivity index is 1.66. The third kappa shape index (κ3) is 3.97. The van der Waals surface area contributed by atoms with Crippen molar-refractivity contribution >= 4 is 39.3 Å². The Morgan fingerprint density at radius 2 is 1.97 bits per heavy atom. The highest BCUT2D eigenvalue weighted by Gasteiger charge is 2.37. The lowest BCUT2D eigenvalue weighted by Gasteiger charge is -2.32. The molecule has 2 aromatic carbocycles. The number of ether oxygens (including phenoxy) is 1. The van der Waals surface area contributed by atoms with Gasteiger partial charge in [0, 0.05) is 4.47 Å². The van der Waals surface area contributed by atoms with Crippen molar-refractivity contribution < 1.29 is 9.53 Å². The number of fused-ring (bicyclic) bond motifs is 1. The molecule has 2 heterocycles. The lowest BCUT2D eigenvalue weighted by atomic mass is 10.0. The molecule has 2 unspecified atom stereocenters. The van der Waals surface area contributed by atoms with Gasteiger partial charge in [-0.15, -0.1) is 10.2 Å². The normalized spacial score (nSPS) is 17.9. The van der Waals surface area contributed by atoms with Gasteiger partial charge in [-0.3, -0.25) is 4.79 Å². The van der Waals surface area contributed by atoms with Crippen LogP contribution < -0.4 is 15.5 Å². The van der Waals surface area contributed by atoms with Crippen LogP contribution >= 0.6 is 27.7 Å². The number of thioether (sulfide) groups is 1. The number of halogens is 1. The molecule has 0 aliphatic carbocycles. The molecule has 3 aromatic rings. The fraction of sp³-hybridized carbons (Fsp3) is 0.250. The number of nitrogens with one attached hydrogen (secondary N) is 2. The van der Waals surface area contributed by atoms with Crippen molar-refractivity contribution in [1.82, 2.24) is 14.9 Å². The zero-order valence-electron chi connectivity index (χ0n) is 16.1. The van der Waals surface area contributed by atoms with Gasteiger partial charge in [-0.1, -0.05) is 30.0 Å². The quantitative estimate of drug-likeness (QED) is 0.594. The van der Waals surface area contributed by atoms with Crippen molar-refractivity contribution in [2.24, 2.45) is 0 Å². The zero-order chi connectivity index (χ0) is 20.5. The van der Waals surface area contributed by atoms with Crippen molar-refractivity contribution in [3.63, 3.8) is 0 Å². The number of carbonyl (C=O) groups excluding carboxylic acids is 1. The Morgan fingerprint density at radius 1 is 1.21 bits per heavy atom. The number of hydrogen-bond acceptors (Lipinski definition) is 6. The number of anilines is 1. The number of amides is 1. The SMILES string of the molecule is COc1ccc(C2Nn3c(C)nnc3SC2C(=O)Nc2ccc(C)cc2Br)cc1. The predicted molar refractivity (Wildman–Crippen MR) is 117 cm³/mol. The topological polar surface area (TPSA) is 81.1 Å². The van der Waals surface area contributed by atoms with E-state index in [1.807, 2.05) is 61.0 Å². The monoisotopic (exact) mass is 473 g/mol. The minimum absolute atomic E-state index is 0.111. The molecule has 1 aliphatic heterocycles. The summed E-state index contributed by atoms with van der Waals surface area (Å²) in [5.74, 6) is 1.40. The Hall–Kier alpha value is -2.52. The molecule has 2 N–H and O–H groups in total. The van der Waals surface area contributed by atoms with Crippen LogP contribution in [0.3, 0.4) is 0 Å². The van der Waals surface area contributed by atoms with Crippen LogP contribution in [0.4, 0.5) is 5.69 Å². The van der Waals surface area contributed by atoms with E-state index in [0.717, 1.165) is 32.9 Å². The molecule has 0 bridgehead atoms. The van der Waals surface area contributed by atoms with E-state index in [1.54, 1.807) is 7.11 Å². The Bertz CT molecular complexity index is 1050. The second-order valence-corrected chi connectivity index (χ2v) is 8.72. The lowest BCUT2D eigenvalue weighted by Crippen LogP contribution is -2.41. The van der Waals surface area contributed by atoms with E-state index in [4.69, 9.17) is 4.74 Å². The molecular formula is C20H20BrN5O2S. The summed E-state index contributed by atoms with van der Waals surface area (Å²) >= 11 is 4.92. The van der Waals surface area contributed by atoms with E-state index in [0.29, 0.717) is 5.16 Å². The van der Waals surface area contributed by atoms with Crippen LogP contribution in [0.5, 0.6) is 5.75 Å². The third-order valence-electron chi connectivity index (χ3n) is 4.71. The molecule has 0 radical (unpaired) electrons. The maximum Gasteiger partial charge on any atom is 0.240 e. The van der Waals surface area contributed by atoms with Gasteiger partial charge in [0.05, 0.1) is 18.8 Å². The molecule has 150 valence electrons. The van der Waals surface area contributed by atoms with E-state index in [1.165, 1.54) is 11.8 Å². The van der Waals surface area contributed by atoms with E-state index in [-0.39, 0.29) is 11.9 Å². The van der Waals surface area contributed by atoms with E-state index < -0.39 is 5.25 Å². The Morgan fingerprint density at radius 3 is 2.66 bits per heavy atom. The van der Waals surface area contributed by atoms with Gasteiger partial charge in [-0.25, -0.2) is 4.68 Å². The number of nitrogens with zero attached hydrogens (tertiary/aromatic N) is 3. The summed E-state index contributed by atoms with van der Waals surface area (Å²) in [6.45, 7) is 3.88. The van der Waals surface area contributed by atoms with Crippen LogP contribution in [0, 0.1) is 13.8 Å². The molecule has 29 heavy (non-hydrogen) atoms. The number of carbonyl (C=O) groups is 1. The summed E-state index contributed by atoms with van der Waals surface area (Å²) < 4.78 is 7.93. The molecule has 7 nitrogen and oxygen atoms in total. The Labute approximate surface area is 181 Å². The van der Waals surface area contributed by atoms with E-state index in [2.05, 4.69) is 36.9 Å². The fourth-order valence-corrected chi connectivity index (χ4v) is 4.86. The summed E-state index contributed by atoms with van der Waals surface area (Å²) in [5.41, 5.74) is 6.22. The lowest BCUT2D eigenvalue weighted by molar-refractivity contribution is -0.116. The summed E-state index contributed by atoms with van der Waals surface area (Å²) in [5, 5.41) is 11.6. The number of aromatic nitrogens is 3. The van der Waals surface area contributed by atoms with Crippen LogP contribution in [-0.4, -0.2) is 33.1 Å². The largest absolute Gasteiger partial charge is 0.497 e.